The van der Waals surface area contributed by atoms with Gasteiger partial charge in [-0.1, -0.05) is 29.5 Å². The highest BCUT2D eigenvalue weighted by Crippen LogP contribution is 2.20. The van der Waals surface area contributed by atoms with Gasteiger partial charge < -0.3 is 10.1 Å². The second-order valence-corrected chi connectivity index (χ2v) is 7.59. The molecule has 3 rings (SSSR count). The highest BCUT2D eigenvalue weighted by Gasteiger charge is 2.13. The van der Waals surface area contributed by atoms with Gasteiger partial charge in [0.25, 0.3) is 11.8 Å². The van der Waals surface area contributed by atoms with E-state index in [2.05, 4.69) is 36.8 Å². The third kappa shape index (κ3) is 5.14. The maximum Gasteiger partial charge on any atom is 0.258 e. The number of anilines is 1. The van der Waals surface area contributed by atoms with Crippen molar-refractivity contribution >= 4 is 44.2 Å². The van der Waals surface area contributed by atoms with Crippen LogP contribution in [-0.4, -0.2) is 35.7 Å². The number of benzene rings is 2. The van der Waals surface area contributed by atoms with Crippen LogP contribution in [0.3, 0.4) is 0 Å². The summed E-state index contributed by atoms with van der Waals surface area (Å²) in [6, 6.07) is 14.1. The van der Waals surface area contributed by atoms with Crippen molar-refractivity contribution in [2.75, 3.05) is 19.0 Å². The van der Waals surface area contributed by atoms with Crippen LogP contribution >= 0.6 is 27.3 Å². The number of methoxy groups -OCH3 is 1. The number of amides is 2. The van der Waals surface area contributed by atoms with Crippen LogP contribution in [0, 0.1) is 0 Å². The average molecular weight is 461 g/mol. The van der Waals surface area contributed by atoms with Crippen LogP contribution in [0.25, 0.3) is 0 Å². The van der Waals surface area contributed by atoms with Crippen LogP contribution in [0.2, 0.25) is 0 Å². The van der Waals surface area contributed by atoms with Crippen molar-refractivity contribution in [1.82, 2.24) is 15.5 Å². The fourth-order valence-corrected chi connectivity index (χ4v) is 3.56. The Labute approximate surface area is 174 Å². The van der Waals surface area contributed by atoms with Crippen molar-refractivity contribution in [3.63, 3.8) is 0 Å². The lowest BCUT2D eigenvalue weighted by molar-refractivity contribution is 0.0953. The Morgan fingerprint density at radius 2 is 1.93 bits per heavy atom. The van der Waals surface area contributed by atoms with Crippen LogP contribution in [0.1, 0.15) is 25.7 Å². The molecule has 0 atom stereocenters. The molecule has 0 spiro atoms. The SMILES string of the molecule is COc1cccc(C(=O)NCCc2nnc(NC(=O)c3ccccc3Br)s2)c1. The zero-order chi connectivity index (χ0) is 19.9. The molecule has 3 aromatic rings. The van der Waals surface area contributed by atoms with Gasteiger partial charge in [0.1, 0.15) is 10.8 Å². The highest BCUT2D eigenvalue weighted by atomic mass is 79.9. The maximum absolute atomic E-state index is 12.3. The molecule has 2 amide bonds. The molecule has 0 saturated heterocycles. The molecule has 0 saturated carbocycles. The van der Waals surface area contributed by atoms with Gasteiger partial charge >= 0.3 is 0 Å². The monoisotopic (exact) mass is 460 g/mol. The van der Waals surface area contributed by atoms with Crippen molar-refractivity contribution in [2.24, 2.45) is 0 Å². The first-order chi connectivity index (χ1) is 13.6. The Kier molecular flexibility index (Phi) is 6.72. The molecule has 7 nitrogen and oxygen atoms in total. The third-order valence-corrected chi connectivity index (χ3v) is 5.35. The largest absolute Gasteiger partial charge is 0.497 e. The van der Waals surface area contributed by atoms with E-state index in [0.29, 0.717) is 44.5 Å². The Bertz CT molecular complexity index is 993. The summed E-state index contributed by atoms with van der Waals surface area (Å²) in [6.07, 6.45) is 0.512. The standard InChI is InChI=1S/C19H17BrN4O3S/c1-27-13-6-4-5-12(11-13)17(25)21-10-9-16-23-24-19(28-16)22-18(26)14-7-2-3-8-15(14)20/h2-8,11H,9-10H2,1H3,(H,21,25)(H,22,24,26). The lowest BCUT2D eigenvalue weighted by Crippen LogP contribution is -2.25. The number of aromatic nitrogens is 2. The first-order valence-electron chi connectivity index (χ1n) is 8.37. The van der Waals surface area contributed by atoms with Gasteiger partial charge in [0.05, 0.1) is 12.7 Å². The fraction of sp³-hybridized carbons (Fsp3) is 0.158. The molecule has 0 radical (unpaired) electrons. The summed E-state index contributed by atoms with van der Waals surface area (Å²) in [5.41, 5.74) is 1.04. The zero-order valence-electron chi connectivity index (χ0n) is 14.9. The number of nitrogens with one attached hydrogen (secondary N) is 2. The summed E-state index contributed by atoms with van der Waals surface area (Å²) in [7, 11) is 1.55. The molecular weight excluding hydrogens is 444 g/mol. The topological polar surface area (TPSA) is 93.2 Å². The summed E-state index contributed by atoms with van der Waals surface area (Å²) in [5, 5.41) is 14.7. The molecule has 0 bridgehead atoms. The van der Waals surface area contributed by atoms with Crippen LogP contribution < -0.4 is 15.4 Å². The van der Waals surface area contributed by atoms with E-state index in [1.807, 2.05) is 6.07 Å². The van der Waals surface area contributed by atoms with E-state index in [1.54, 1.807) is 49.6 Å². The van der Waals surface area contributed by atoms with Crippen molar-refractivity contribution < 1.29 is 14.3 Å². The van der Waals surface area contributed by atoms with Crippen LogP contribution in [0.5, 0.6) is 5.75 Å². The predicted octanol–water partition coefficient (Wildman–Crippen LogP) is 3.53. The molecule has 0 aliphatic carbocycles. The lowest BCUT2D eigenvalue weighted by Gasteiger charge is -2.05. The van der Waals surface area contributed by atoms with Gasteiger partial charge in [0.15, 0.2) is 0 Å². The number of carbonyl (C=O) groups excluding carboxylic acids is 2. The number of halogens is 1. The molecule has 2 aromatic carbocycles. The van der Waals surface area contributed by atoms with Crippen LogP contribution in [0.15, 0.2) is 53.0 Å². The minimum Gasteiger partial charge on any atom is -0.497 e. The van der Waals surface area contributed by atoms with Gasteiger partial charge in [-0.15, -0.1) is 10.2 Å². The first kappa shape index (κ1) is 20.0. The lowest BCUT2D eigenvalue weighted by atomic mass is 10.2. The normalized spacial score (nSPS) is 10.4. The summed E-state index contributed by atoms with van der Waals surface area (Å²) in [5.74, 6) is 0.176. The van der Waals surface area contributed by atoms with E-state index in [4.69, 9.17) is 4.74 Å². The first-order valence-corrected chi connectivity index (χ1v) is 9.98. The van der Waals surface area contributed by atoms with Gasteiger partial charge in [0.2, 0.25) is 5.13 Å². The van der Waals surface area contributed by atoms with Crippen LogP contribution in [-0.2, 0) is 6.42 Å². The molecular formula is C19H17BrN4O3S. The number of carbonyl (C=O) groups is 2. The summed E-state index contributed by atoms with van der Waals surface area (Å²) >= 11 is 4.62. The molecule has 2 N–H and O–H groups in total. The molecule has 0 aliphatic heterocycles. The molecule has 1 aromatic heterocycles. The molecule has 1 heterocycles. The molecule has 0 aliphatic rings. The van der Waals surface area contributed by atoms with Crippen LogP contribution in [0.4, 0.5) is 5.13 Å². The summed E-state index contributed by atoms with van der Waals surface area (Å²) < 4.78 is 5.82. The quantitative estimate of drug-likeness (QED) is 0.562. The van der Waals surface area contributed by atoms with Gasteiger partial charge in [-0.25, -0.2) is 0 Å². The second-order valence-electron chi connectivity index (χ2n) is 5.67. The highest BCUT2D eigenvalue weighted by molar-refractivity contribution is 9.10. The third-order valence-electron chi connectivity index (χ3n) is 3.76. The number of hydrogen-bond acceptors (Lipinski definition) is 6. The van der Waals surface area contributed by atoms with E-state index in [0.717, 1.165) is 0 Å². The van der Waals surface area contributed by atoms with E-state index < -0.39 is 0 Å². The minimum absolute atomic E-state index is 0.189. The average Bonchev–Trinajstić information content (AvgIpc) is 3.15. The maximum atomic E-state index is 12.3. The van der Waals surface area contributed by atoms with E-state index >= 15 is 0 Å². The van der Waals surface area contributed by atoms with Gasteiger partial charge in [-0.05, 0) is 46.3 Å². The molecule has 9 heteroatoms. The van der Waals surface area contributed by atoms with Crippen molar-refractivity contribution in [3.05, 3.63) is 69.1 Å². The fourth-order valence-electron chi connectivity index (χ4n) is 2.36. The van der Waals surface area contributed by atoms with Crippen molar-refractivity contribution in [3.8, 4) is 5.75 Å². The number of ether oxygens (including phenoxy) is 1. The number of rotatable bonds is 7. The Balaban J connectivity index is 1.51. The van der Waals surface area contributed by atoms with Gasteiger partial charge in [0, 0.05) is 23.0 Å². The van der Waals surface area contributed by atoms with Gasteiger partial charge in [-0.2, -0.15) is 0 Å². The van der Waals surface area contributed by atoms with Crippen molar-refractivity contribution in [1.29, 1.82) is 0 Å². The molecule has 0 unspecified atom stereocenters. The molecule has 144 valence electrons. The molecule has 0 fully saturated rings. The Hall–Kier alpha value is -2.78. The summed E-state index contributed by atoms with van der Waals surface area (Å²) in [4.78, 5) is 24.5. The number of hydrogen-bond donors (Lipinski definition) is 2. The molecule has 28 heavy (non-hydrogen) atoms. The predicted molar refractivity (Wildman–Crippen MR) is 111 cm³/mol. The smallest absolute Gasteiger partial charge is 0.258 e. The zero-order valence-corrected chi connectivity index (χ0v) is 17.3. The van der Waals surface area contributed by atoms with Gasteiger partial charge in [-0.3, -0.25) is 14.9 Å². The number of nitrogens with zero attached hydrogens (tertiary/aromatic N) is 2. The Morgan fingerprint density at radius 1 is 1.11 bits per heavy atom. The van der Waals surface area contributed by atoms with E-state index in [1.165, 1.54) is 11.3 Å². The van der Waals surface area contributed by atoms with Crippen molar-refractivity contribution in [2.45, 2.75) is 6.42 Å². The van der Waals surface area contributed by atoms with E-state index in [-0.39, 0.29) is 11.8 Å². The summed E-state index contributed by atoms with van der Waals surface area (Å²) in [6.45, 7) is 0.406. The Morgan fingerprint density at radius 3 is 2.71 bits per heavy atom. The minimum atomic E-state index is -0.262. The second kappa shape index (κ2) is 9.43. The van der Waals surface area contributed by atoms with E-state index in [9.17, 15) is 9.59 Å².